The molecule has 31 heavy (non-hydrogen) atoms. The number of aromatic nitrogens is 1. The van der Waals surface area contributed by atoms with Crippen LogP contribution in [0.25, 0.3) is 6.08 Å². The van der Waals surface area contributed by atoms with Crippen molar-refractivity contribution in [2.45, 2.75) is 50.8 Å². The molecule has 0 bridgehead atoms. The highest BCUT2D eigenvalue weighted by molar-refractivity contribution is 5.89. The summed E-state index contributed by atoms with van der Waals surface area (Å²) in [5, 5.41) is 1.57. The minimum Gasteiger partial charge on any atom is -0.441 e. The third-order valence-corrected chi connectivity index (χ3v) is 6.50. The molecule has 1 fully saturated rings. The van der Waals surface area contributed by atoms with Crippen LogP contribution in [0.1, 0.15) is 44.7 Å². The quantitative estimate of drug-likeness (QED) is 0.723. The molecule has 3 heterocycles. The van der Waals surface area contributed by atoms with E-state index in [1.807, 2.05) is 49.1 Å². The van der Waals surface area contributed by atoms with Crippen LogP contribution in [0.5, 0.6) is 0 Å². The molecule has 2 amide bonds. The molecule has 1 aromatic heterocycles. The van der Waals surface area contributed by atoms with Crippen LogP contribution >= 0.6 is 0 Å². The first-order valence-electron chi connectivity index (χ1n) is 10.7. The van der Waals surface area contributed by atoms with Gasteiger partial charge in [0.05, 0.1) is 23.5 Å². The molecule has 158 valence electrons. The zero-order valence-electron chi connectivity index (χ0n) is 17.7. The normalized spacial score (nSPS) is 27.0. The highest BCUT2D eigenvalue weighted by Crippen LogP contribution is 2.44. The third kappa shape index (κ3) is 3.46. The summed E-state index contributed by atoms with van der Waals surface area (Å²) < 4.78 is 5.77. The van der Waals surface area contributed by atoms with Gasteiger partial charge in [0, 0.05) is 17.5 Å². The Morgan fingerprint density at radius 1 is 1.13 bits per heavy atom. The average Bonchev–Trinajstić information content (AvgIpc) is 3.02. The SMILES string of the molecule is CC1(C)OC(=O)N(C2CC=C(C3C=c4ccncc4=NC3=O)CC2)[C@H]1c1ccccc1. The molecular formula is C25H25N3O3. The fourth-order valence-electron chi connectivity index (χ4n) is 5.04. The lowest BCUT2D eigenvalue weighted by atomic mass is 9.83. The van der Waals surface area contributed by atoms with Crippen molar-refractivity contribution in [2.24, 2.45) is 10.9 Å². The molecule has 2 aliphatic heterocycles. The monoisotopic (exact) mass is 415 g/mol. The number of cyclic esters (lactones) is 1. The van der Waals surface area contributed by atoms with Crippen LogP contribution in [-0.4, -0.2) is 33.5 Å². The second-order valence-electron chi connectivity index (χ2n) is 8.93. The molecule has 3 aliphatic rings. The van der Waals surface area contributed by atoms with Crippen LogP contribution in [0.15, 0.2) is 65.4 Å². The van der Waals surface area contributed by atoms with E-state index in [-0.39, 0.29) is 30.0 Å². The van der Waals surface area contributed by atoms with E-state index in [2.05, 4.69) is 28.2 Å². The van der Waals surface area contributed by atoms with Crippen LogP contribution in [0.4, 0.5) is 4.79 Å². The second kappa shape index (κ2) is 7.45. The summed E-state index contributed by atoms with van der Waals surface area (Å²) in [5.74, 6) is -0.475. The van der Waals surface area contributed by atoms with Crippen molar-refractivity contribution in [3.8, 4) is 0 Å². The van der Waals surface area contributed by atoms with E-state index >= 15 is 0 Å². The lowest BCUT2D eigenvalue weighted by Crippen LogP contribution is -2.42. The summed E-state index contributed by atoms with van der Waals surface area (Å²) in [6.45, 7) is 3.94. The van der Waals surface area contributed by atoms with Crippen LogP contribution in [0.3, 0.4) is 0 Å². The number of ether oxygens (including phenoxy) is 1. The van der Waals surface area contributed by atoms with Gasteiger partial charge in [0.2, 0.25) is 0 Å². The van der Waals surface area contributed by atoms with E-state index < -0.39 is 5.60 Å². The summed E-state index contributed by atoms with van der Waals surface area (Å²) in [7, 11) is 0. The molecule has 0 spiro atoms. The van der Waals surface area contributed by atoms with Gasteiger partial charge in [-0.3, -0.25) is 14.7 Å². The first-order valence-corrected chi connectivity index (χ1v) is 10.7. The van der Waals surface area contributed by atoms with Gasteiger partial charge >= 0.3 is 6.09 Å². The fourth-order valence-corrected chi connectivity index (χ4v) is 5.04. The molecule has 0 radical (unpaired) electrons. The van der Waals surface area contributed by atoms with Gasteiger partial charge in [-0.05, 0) is 44.7 Å². The van der Waals surface area contributed by atoms with Crippen molar-refractivity contribution >= 4 is 18.1 Å². The lowest BCUT2D eigenvalue weighted by Gasteiger charge is -2.36. The Kier molecular flexibility index (Phi) is 4.73. The summed E-state index contributed by atoms with van der Waals surface area (Å²) in [4.78, 5) is 35.6. The minimum atomic E-state index is -0.605. The van der Waals surface area contributed by atoms with Gasteiger partial charge in [-0.25, -0.2) is 9.79 Å². The van der Waals surface area contributed by atoms with Gasteiger partial charge in [-0.2, -0.15) is 0 Å². The molecule has 0 saturated carbocycles. The Balaban J connectivity index is 1.41. The molecule has 3 atom stereocenters. The molecule has 2 unspecified atom stereocenters. The summed E-state index contributed by atoms with van der Waals surface area (Å²) in [6.07, 6.45) is 9.42. The predicted molar refractivity (Wildman–Crippen MR) is 115 cm³/mol. The predicted octanol–water partition coefficient (Wildman–Crippen LogP) is 3.09. The number of pyridine rings is 1. The molecule has 1 saturated heterocycles. The largest absolute Gasteiger partial charge is 0.441 e. The van der Waals surface area contributed by atoms with Gasteiger partial charge < -0.3 is 4.74 Å². The Morgan fingerprint density at radius 3 is 2.68 bits per heavy atom. The number of hydrogen-bond acceptors (Lipinski definition) is 4. The molecule has 5 rings (SSSR count). The Bertz CT molecular complexity index is 1190. The first kappa shape index (κ1) is 19.7. The second-order valence-corrected chi connectivity index (χ2v) is 8.93. The first-order chi connectivity index (χ1) is 14.9. The number of nitrogens with zero attached hydrogens (tertiary/aromatic N) is 3. The van der Waals surface area contributed by atoms with Crippen LogP contribution in [0, 0.1) is 5.92 Å². The molecule has 2 aromatic rings. The number of hydrogen-bond donors (Lipinski definition) is 0. The van der Waals surface area contributed by atoms with Crippen molar-refractivity contribution in [1.82, 2.24) is 9.88 Å². The molecule has 6 heteroatoms. The Labute approximate surface area is 181 Å². The maximum Gasteiger partial charge on any atom is 0.411 e. The maximum absolute atomic E-state index is 12.8. The van der Waals surface area contributed by atoms with Crippen molar-refractivity contribution in [1.29, 1.82) is 0 Å². The van der Waals surface area contributed by atoms with Crippen molar-refractivity contribution in [3.05, 3.63) is 76.6 Å². The third-order valence-electron chi connectivity index (χ3n) is 6.50. The molecule has 1 aromatic carbocycles. The maximum atomic E-state index is 12.8. The Morgan fingerprint density at radius 2 is 1.94 bits per heavy atom. The van der Waals surface area contributed by atoms with Gasteiger partial charge in [0.25, 0.3) is 5.91 Å². The van der Waals surface area contributed by atoms with E-state index in [0.29, 0.717) is 11.8 Å². The smallest absolute Gasteiger partial charge is 0.411 e. The van der Waals surface area contributed by atoms with Crippen LogP contribution in [-0.2, 0) is 9.53 Å². The van der Waals surface area contributed by atoms with Crippen LogP contribution < -0.4 is 10.6 Å². The summed E-state index contributed by atoms with van der Waals surface area (Å²) >= 11 is 0. The fraction of sp³-hybridized carbons (Fsp3) is 0.360. The number of carbonyl (C=O) groups excluding carboxylic acids is 2. The number of amides is 2. The van der Waals surface area contributed by atoms with E-state index in [0.717, 1.165) is 29.2 Å². The zero-order chi connectivity index (χ0) is 21.6. The highest BCUT2D eigenvalue weighted by Gasteiger charge is 2.51. The molecule has 6 nitrogen and oxygen atoms in total. The van der Waals surface area contributed by atoms with E-state index in [1.165, 1.54) is 0 Å². The van der Waals surface area contributed by atoms with Crippen molar-refractivity contribution in [2.75, 3.05) is 0 Å². The number of fused-ring (bicyclic) bond motifs is 1. The highest BCUT2D eigenvalue weighted by atomic mass is 16.6. The topological polar surface area (TPSA) is 71.9 Å². The summed E-state index contributed by atoms with van der Waals surface area (Å²) in [6, 6.07) is 11.8. The van der Waals surface area contributed by atoms with Gasteiger partial charge in [-0.1, -0.05) is 48.1 Å². The van der Waals surface area contributed by atoms with Gasteiger partial charge in [0.15, 0.2) is 0 Å². The Hall–Kier alpha value is -3.28. The van der Waals surface area contributed by atoms with Gasteiger partial charge in [-0.15, -0.1) is 0 Å². The van der Waals surface area contributed by atoms with Crippen molar-refractivity contribution < 1.29 is 14.3 Å². The number of benzene rings is 1. The number of rotatable bonds is 3. The van der Waals surface area contributed by atoms with Gasteiger partial charge in [0.1, 0.15) is 5.60 Å². The zero-order valence-corrected chi connectivity index (χ0v) is 17.7. The molecular weight excluding hydrogens is 390 g/mol. The van der Waals surface area contributed by atoms with E-state index in [9.17, 15) is 9.59 Å². The van der Waals surface area contributed by atoms with Crippen molar-refractivity contribution in [3.63, 3.8) is 0 Å². The average molecular weight is 415 g/mol. The van der Waals surface area contributed by atoms with E-state index in [4.69, 9.17) is 4.74 Å². The van der Waals surface area contributed by atoms with Crippen LogP contribution in [0.2, 0.25) is 0 Å². The molecule has 1 aliphatic carbocycles. The molecule has 0 N–H and O–H groups in total. The number of carbonyl (C=O) groups is 2. The minimum absolute atomic E-state index is 0.0374. The lowest BCUT2D eigenvalue weighted by molar-refractivity contribution is -0.119. The standard InChI is InChI=1S/C25H25N3O3/c1-25(2)22(17-6-4-3-5-7-17)28(24(30)31-25)19-10-8-16(9-11-19)20-14-18-12-13-26-15-21(18)27-23(20)29/h3-8,12-15,19-20,22H,9-11H2,1-2H3/t19?,20?,22-/m0/s1. The summed E-state index contributed by atoms with van der Waals surface area (Å²) in [5.41, 5.74) is 1.55. The van der Waals surface area contributed by atoms with E-state index in [1.54, 1.807) is 12.4 Å².